The van der Waals surface area contributed by atoms with Crippen molar-refractivity contribution in [1.82, 2.24) is 0 Å². The number of ketones is 1. The van der Waals surface area contributed by atoms with Crippen LogP contribution in [0.1, 0.15) is 42.6 Å². The van der Waals surface area contributed by atoms with Gasteiger partial charge in [0.15, 0.2) is 11.4 Å². The molecule has 0 aromatic heterocycles. The Hall–Kier alpha value is -1.61. The second-order valence-electron chi connectivity index (χ2n) is 6.16. The van der Waals surface area contributed by atoms with Crippen molar-refractivity contribution in [3.05, 3.63) is 46.7 Å². The van der Waals surface area contributed by atoms with Gasteiger partial charge in [0.05, 0.1) is 6.61 Å². The number of hydrogen-bond donors (Lipinski definition) is 0. The summed E-state index contributed by atoms with van der Waals surface area (Å²) >= 11 is 0. The predicted octanol–water partition coefficient (Wildman–Crippen LogP) is 2.95. The van der Waals surface area contributed by atoms with Crippen molar-refractivity contribution in [2.24, 2.45) is 0 Å². The first-order valence-electron chi connectivity index (χ1n) is 6.74. The van der Waals surface area contributed by atoms with Crippen LogP contribution in [0.4, 0.5) is 0 Å². The van der Waals surface area contributed by atoms with Crippen LogP contribution in [0.15, 0.2) is 35.6 Å². The first-order chi connectivity index (χ1) is 9.04. The quantitative estimate of drug-likeness (QED) is 0.670. The van der Waals surface area contributed by atoms with Gasteiger partial charge in [-0.05, 0) is 26.7 Å². The Bertz CT molecular complexity index is 621. The third kappa shape index (κ3) is 1.39. The van der Waals surface area contributed by atoms with Crippen LogP contribution in [0, 0.1) is 0 Å². The number of Topliss-reactive ketones (excluding diaryl/α,β-unsaturated/α-hetero) is 1. The minimum atomic E-state index is -0.475. The van der Waals surface area contributed by atoms with Gasteiger partial charge >= 0.3 is 0 Å². The second-order valence-corrected chi connectivity index (χ2v) is 6.16. The van der Waals surface area contributed by atoms with E-state index in [4.69, 9.17) is 9.47 Å². The molecule has 2 aliphatic heterocycles. The smallest absolute Gasteiger partial charge is 0.192 e. The average molecular weight is 256 g/mol. The lowest BCUT2D eigenvalue weighted by Gasteiger charge is -2.38. The third-order valence-corrected chi connectivity index (χ3v) is 4.31. The Labute approximate surface area is 112 Å². The summed E-state index contributed by atoms with van der Waals surface area (Å²) in [6.45, 7) is 4.75. The summed E-state index contributed by atoms with van der Waals surface area (Å²) in [4.78, 5) is 12.6. The van der Waals surface area contributed by atoms with Crippen LogP contribution in [-0.2, 0) is 15.1 Å². The van der Waals surface area contributed by atoms with Gasteiger partial charge in [-0.25, -0.2) is 0 Å². The van der Waals surface area contributed by atoms with E-state index in [2.05, 4.69) is 13.8 Å². The van der Waals surface area contributed by atoms with E-state index in [-0.39, 0.29) is 11.4 Å². The molecule has 1 aliphatic carbocycles. The highest BCUT2D eigenvalue weighted by atomic mass is 16.6. The molecule has 1 atom stereocenters. The van der Waals surface area contributed by atoms with Gasteiger partial charge in [-0.2, -0.15) is 0 Å². The Kier molecular flexibility index (Phi) is 1.94. The minimum absolute atomic E-state index is 0.113. The maximum absolute atomic E-state index is 12.6. The van der Waals surface area contributed by atoms with E-state index in [9.17, 15) is 4.79 Å². The molecule has 0 radical (unpaired) electrons. The van der Waals surface area contributed by atoms with E-state index in [1.54, 1.807) is 0 Å². The van der Waals surface area contributed by atoms with Gasteiger partial charge in [-0.1, -0.05) is 24.3 Å². The number of carbonyl (C=O) groups excluding carboxylic acids is 1. The summed E-state index contributed by atoms with van der Waals surface area (Å²) < 4.78 is 11.9. The van der Waals surface area contributed by atoms with Crippen molar-refractivity contribution >= 4 is 5.78 Å². The first kappa shape index (κ1) is 11.2. The molecule has 1 fully saturated rings. The molecule has 1 aromatic carbocycles. The van der Waals surface area contributed by atoms with Gasteiger partial charge in [-0.3, -0.25) is 4.79 Å². The fourth-order valence-electron chi connectivity index (χ4n) is 3.15. The van der Waals surface area contributed by atoms with Crippen LogP contribution >= 0.6 is 0 Å². The molecule has 19 heavy (non-hydrogen) atoms. The predicted molar refractivity (Wildman–Crippen MR) is 69.8 cm³/mol. The Morgan fingerprint density at radius 2 is 1.95 bits per heavy atom. The molecule has 1 aromatic rings. The number of allylic oxidation sites excluding steroid dienone is 1. The third-order valence-electron chi connectivity index (χ3n) is 4.31. The monoisotopic (exact) mass is 256 g/mol. The summed E-state index contributed by atoms with van der Waals surface area (Å²) in [5.41, 5.74) is 1.87. The Balaban J connectivity index is 1.93. The molecule has 0 N–H and O–H groups in total. The zero-order valence-electron chi connectivity index (χ0n) is 11.2. The molecule has 4 rings (SSSR count). The Morgan fingerprint density at radius 3 is 2.68 bits per heavy atom. The molecule has 0 saturated carbocycles. The number of benzene rings is 1. The number of epoxide rings is 1. The van der Waals surface area contributed by atoms with Crippen LogP contribution in [0.3, 0.4) is 0 Å². The molecule has 1 spiro atoms. The van der Waals surface area contributed by atoms with E-state index in [0.29, 0.717) is 6.61 Å². The summed E-state index contributed by atoms with van der Waals surface area (Å²) in [6, 6.07) is 7.74. The molecule has 0 unspecified atom stereocenters. The lowest BCUT2D eigenvalue weighted by Crippen LogP contribution is -2.38. The number of hydrogen-bond acceptors (Lipinski definition) is 3. The van der Waals surface area contributed by atoms with Crippen molar-refractivity contribution < 1.29 is 14.3 Å². The number of rotatable bonds is 0. The highest BCUT2D eigenvalue weighted by molar-refractivity contribution is 6.12. The maximum atomic E-state index is 12.6. The van der Waals surface area contributed by atoms with E-state index in [1.807, 2.05) is 24.3 Å². The van der Waals surface area contributed by atoms with E-state index in [1.165, 1.54) is 0 Å². The van der Waals surface area contributed by atoms with E-state index >= 15 is 0 Å². The van der Waals surface area contributed by atoms with Gasteiger partial charge in [0.25, 0.3) is 0 Å². The molecule has 3 heteroatoms. The normalized spacial score (nSPS) is 30.7. The lowest BCUT2D eigenvalue weighted by atomic mass is 9.77. The number of fused-ring (bicyclic) bond motifs is 3. The summed E-state index contributed by atoms with van der Waals surface area (Å²) in [6.07, 6.45) is 1.65. The molecule has 1 saturated heterocycles. The maximum Gasteiger partial charge on any atom is 0.192 e. The standard InChI is InChI=1S/C16H16O3/c1-15(2)8-7-11-13(17)10-5-3-4-6-12(10)16(9-18-16)14(11)19-15/h3-6H,7-9H2,1-2H3/t16-/m1/s1. The van der Waals surface area contributed by atoms with Gasteiger partial charge < -0.3 is 9.47 Å². The molecule has 2 heterocycles. The van der Waals surface area contributed by atoms with Crippen molar-refractivity contribution in [2.45, 2.75) is 37.9 Å². The van der Waals surface area contributed by atoms with Gasteiger partial charge in [0, 0.05) is 16.7 Å². The minimum Gasteiger partial charge on any atom is -0.488 e. The van der Waals surface area contributed by atoms with Crippen LogP contribution in [-0.4, -0.2) is 18.0 Å². The van der Waals surface area contributed by atoms with Crippen molar-refractivity contribution in [2.75, 3.05) is 6.61 Å². The fourth-order valence-corrected chi connectivity index (χ4v) is 3.15. The van der Waals surface area contributed by atoms with E-state index in [0.717, 1.165) is 35.3 Å². The van der Waals surface area contributed by atoms with Gasteiger partial charge in [0.2, 0.25) is 0 Å². The SMILES string of the molecule is CC1(C)CCC2=C(O1)[C@@]1(CO1)c1ccccc1C2=O. The highest BCUT2D eigenvalue weighted by Crippen LogP contribution is 2.55. The van der Waals surface area contributed by atoms with E-state index < -0.39 is 5.60 Å². The number of carbonyl (C=O) groups is 1. The first-order valence-corrected chi connectivity index (χ1v) is 6.74. The average Bonchev–Trinajstić information content (AvgIpc) is 3.17. The molecular weight excluding hydrogens is 240 g/mol. The molecule has 3 nitrogen and oxygen atoms in total. The zero-order chi connectivity index (χ0) is 13.3. The molecule has 3 aliphatic rings. The summed E-state index contributed by atoms with van der Waals surface area (Å²) in [5, 5.41) is 0. The topological polar surface area (TPSA) is 38.8 Å². The van der Waals surface area contributed by atoms with Crippen LogP contribution < -0.4 is 0 Å². The summed E-state index contributed by atoms with van der Waals surface area (Å²) in [5.74, 6) is 0.884. The summed E-state index contributed by atoms with van der Waals surface area (Å²) in [7, 11) is 0. The van der Waals surface area contributed by atoms with Gasteiger partial charge in [-0.15, -0.1) is 0 Å². The van der Waals surface area contributed by atoms with Crippen LogP contribution in [0.5, 0.6) is 0 Å². The fraction of sp³-hybridized carbons (Fsp3) is 0.438. The molecule has 0 amide bonds. The second kappa shape index (κ2) is 3.28. The zero-order valence-corrected chi connectivity index (χ0v) is 11.2. The van der Waals surface area contributed by atoms with Crippen molar-refractivity contribution in [3.63, 3.8) is 0 Å². The van der Waals surface area contributed by atoms with Gasteiger partial charge in [0.1, 0.15) is 11.4 Å². The van der Waals surface area contributed by atoms with Crippen molar-refractivity contribution in [3.8, 4) is 0 Å². The molecule has 98 valence electrons. The Morgan fingerprint density at radius 1 is 1.21 bits per heavy atom. The highest BCUT2D eigenvalue weighted by Gasteiger charge is 2.59. The molecular formula is C16H16O3. The molecule has 0 bridgehead atoms. The van der Waals surface area contributed by atoms with Crippen LogP contribution in [0.25, 0.3) is 0 Å². The largest absolute Gasteiger partial charge is 0.488 e. The number of ether oxygens (including phenoxy) is 2. The lowest BCUT2D eigenvalue weighted by molar-refractivity contribution is -0.0117. The van der Waals surface area contributed by atoms with Crippen LogP contribution in [0.2, 0.25) is 0 Å². The van der Waals surface area contributed by atoms with Crippen molar-refractivity contribution in [1.29, 1.82) is 0 Å².